The highest BCUT2D eigenvalue weighted by molar-refractivity contribution is 7.98. The maximum Gasteiger partial charge on any atom is 0.243 e. The molecule has 1 N–H and O–H groups in total. The largest absolute Gasteiger partial charge is 0.302 e. The molecule has 0 radical (unpaired) electrons. The highest BCUT2D eigenvalue weighted by Gasteiger charge is 2.32. The molecule has 1 amide bonds. The molecular formula is C22H26N4O5S4. The van der Waals surface area contributed by atoms with E-state index in [1.807, 2.05) is 6.26 Å². The van der Waals surface area contributed by atoms with Crippen molar-refractivity contribution in [1.82, 2.24) is 13.6 Å². The predicted octanol–water partition coefficient (Wildman–Crippen LogP) is 3.31. The normalized spacial score (nSPS) is 16.1. The van der Waals surface area contributed by atoms with Gasteiger partial charge in [-0.1, -0.05) is 11.3 Å². The van der Waals surface area contributed by atoms with Crippen LogP contribution in [0.25, 0.3) is 10.2 Å². The molecule has 0 atom stereocenters. The third-order valence-corrected chi connectivity index (χ3v) is 11.3. The monoisotopic (exact) mass is 554 g/mol. The van der Waals surface area contributed by atoms with Crippen molar-refractivity contribution in [2.45, 2.75) is 27.5 Å². The van der Waals surface area contributed by atoms with E-state index in [9.17, 15) is 21.6 Å². The molecule has 188 valence electrons. The van der Waals surface area contributed by atoms with Gasteiger partial charge in [-0.25, -0.2) is 26.1 Å². The van der Waals surface area contributed by atoms with Gasteiger partial charge in [0.1, 0.15) is 0 Å². The molecule has 0 spiro atoms. The molecule has 1 aliphatic rings. The minimum Gasteiger partial charge on any atom is -0.302 e. The molecule has 35 heavy (non-hydrogen) atoms. The second-order valence-electron chi connectivity index (χ2n) is 8.28. The van der Waals surface area contributed by atoms with E-state index in [4.69, 9.17) is 0 Å². The minimum absolute atomic E-state index is 0.160. The maximum atomic E-state index is 13.0. The SMILES string of the molecule is CSc1ccc(S(=O)(=O)N2CCC(C(=O)Nc3nc4ccc(S(=O)(=O)N(C)C)cc4s3)CC2)cc1. The lowest BCUT2D eigenvalue weighted by Crippen LogP contribution is -2.41. The zero-order valence-corrected chi connectivity index (χ0v) is 22.7. The third-order valence-electron chi connectivity index (χ3n) is 5.89. The Labute approximate surface area is 213 Å². The Balaban J connectivity index is 1.40. The Kier molecular flexibility index (Phi) is 7.55. The number of amides is 1. The summed E-state index contributed by atoms with van der Waals surface area (Å²) in [6.45, 7) is 0.520. The van der Waals surface area contributed by atoms with Crippen LogP contribution in [0.2, 0.25) is 0 Å². The molecule has 0 aliphatic carbocycles. The fourth-order valence-electron chi connectivity index (χ4n) is 3.79. The number of hydrogen-bond donors (Lipinski definition) is 1. The number of nitrogens with zero attached hydrogens (tertiary/aromatic N) is 3. The predicted molar refractivity (Wildman–Crippen MR) is 139 cm³/mol. The standard InChI is InChI=1S/C22H26N4O5S4/c1-25(2)34(28,29)18-8-9-19-20(14-18)33-22(23-19)24-21(27)15-10-12-26(13-11-15)35(30,31)17-6-4-16(32-3)5-7-17/h4-9,14-15H,10-13H2,1-3H3,(H,23,24,27). The molecule has 9 nitrogen and oxygen atoms in total. The number of fused-ring (bicyclic) bond motifs is 1. The number of thiazole rings is 1. The van der Waals surface area contributed by atoms with Crippen molar-refractivity contribution in [2.75, 3.05) is 38.8 Å². The van der Waals surface area contributed by atoms with Crippen LogP contribution in [0.15, 0.2) is 57.2 Å². The lowest BCUT2D eigenvalue weighted by molar-refractivity contribution is -0.120. The molecule has 0 bridgehead atoms. The van der Waals surface area contributed by atoms with Crippen molar-refractivity contribution in [1.29, 1.82) is 0 Å². The van der Waals surface area contributed by atoms with Gasteiger partial charge in [0.15, 0.2) is 5.13 Å². The zero-order valence-electron chi connectivity index (χ0n) is 19.5. The first-order valence-corrected chi connectivity index (χ1v) is 15.7. The smallest absolute Gasteiger partial charge is 0.243 e. The van der Waals surface area contributed by atoms with Gasteiger partial charge in [0.2, 0.25) is 26.0 Å². The van der Waals surface area contributed by atoms with Crippen LogP contribution in [0.1, 0.15) is 12.8 Å². The first-order valence-electron chi connectivity index (χ1n) is 10.8. The first-order chi connectivity index (χ1) is 16.5. The Bertz CT molecular complexity index is 1440. The lowest BCUT2D eigenvalue weighted by atomic mass is 9.97. The molecule has 4 rings (SSSR count). The van der Waals surface area contributed by atoms with Gasteiger partial charge in [-0.15, -0.1) is 11.8 Å². The molecule has 2 heterocycles. The highest BCUT2D eigenvalue weighted by atomic mass is 32.2. The molecule has 1 fully saturated rings. The van der Waals surface area contributed by atoms with E-state index in [0.29, 0.717) is 28.2 Å². The third kappa shape index (κ3) is 5.39. The Morgan fingerprint density at radius 2 is 1.69 bits per heavy atom. The summed E-state index contributed by atoms with van der Waals surface area (Å²) in [6, 6.07) is 11.5. The number of carbonyl (C=O) groups is 1. The fraction of sp³-hybridized carbons (Fsp3) is 0.364. The van der Waals surface area contributed by atoms with Gasteiger partial charge in [0.25, 0.3) is 0 Å². The second-order valence-corrected chi connectivity index (χ2v) is 14.3. The summed E-state index contributed by atoms with van der Waals surface area (Å²) >= 11 is 2.75. The van der Waals surface area contributed by atoms with Crippen LogP contribution in [0.4, 0.5) is 5.13 Å². The zero-order chi connectivity index (χ0) is 25.4. The average molecular weight is 555 g/mol. The maximum absolute atomic E-state index is 13.0. The number of piperidine rings is 1. The second kappa shape index (κ2) is 10.1. The number of carbonyl (C=O) groups excluding carboxylic acids is 1. The van der Waals surface area contributed by atoms with Gasteiger partial charge >= 0.3 is 0 Å². The molecule has 3 aromatic rings. The number of thioether (sulfide) groups is 1. The molecule has 0 unspecified atom stereocenters. The lowest BCUT2D eigenvalue weighted by Gasteiger charge is -2.30. The van der Waals surface area contributed by atoms with Crippen molar-refractivity contribution in [3.63, 3.8) is 0 Å². The van der Waals surface area contributed by atoms with Crippen LogP contribution in [-0.2, 0) is 24.8 Å². The number of rotatable bonds is 7. The number of benzene rings is 2. The van der Waals surface area contributed by atoms with Gasteiger partial charge in [0.05, 0.1) is 20.0 Å². The molecule has 2 aromatic carbocycles. The van der Waals surface area contributed by atoms with Crippen LogP contribution in [0.5, 0.6) is 0 Å². The van der Waals surface area contributed by atoms with Gasteiger partial charge in [-0.3, -0.25) is 4.79 Å². The molecule has 1 aromatic heterocycles. The van der Waals surface area contributed by atoms with E-state index >= 15 is 0 Å². The average Bonchev–Trinajstić information content (AvgIpc) is 3.25. The van der Waals surface area contributed by atoms with Crippen LogP contribution < -0.4 is 5.32 Å². The minimum atomic E-state index is -3.61. The topological polar surface area (TPSA) is 117 Å². The van der Waals surface area contributed by atoms with Gasteiger partial charge in [-0.2, -0.15) is 4.31 Å². The van der Waals surface area contributed by atoms with Crippen molar-refractivity contribution in [3.05, 3.63) is 42.5 Å². The van der Waals surface area contributed by atoms with Gasteiger partial charge in [0, 0.05) is 38.0 Å². The first kappa shape index (κ1) is 26.0. The number of hydrogen-bond acceptors (Lipinski definition) is 8. The van der Waals surface area contributed by atoms with Gasteiger partial charge in [-0.05, 0) is 61.6 Å². The number of anilines is 1. The molecule has 1 aliphatic heterocycles. The van der Waals surface area contributed by atoms with Gasteiger partial charge < -0.3 is 5.32 Å². The highest BCUT2D eigenvalue weighted by Crippen LogP contribution is 2.31. The van der Waals surface area contributed by atoms with Crippen LogP contribution in [-0.4, -0.2) is 69.8 Å². The van der Waals surface area contributed by atoms with Crippen molar-refractivity contribution >= 4 is 64.4 Å². The summed E-state index contributed by atoms with van der Waals surface area (Å²) in [5.41, 5.74) is 0.594. The summed E-state index contributed by atoms with van der Waals surface area (Å²) in [7, 11) is -4.24. The van der Waals surface area contributed by atoms with E-state index in [-0.39, 0.29) is 34.7 Å². The van der Waals surface area contributed by atoms with E-state index in [2.05, 4.69) is 10.3 Å². The number of aromatic nitrogens is 1. The van der Waals surface area contributed by atoms with E-state index in [1.165, 1.54) is 35.8 Å². The summed E-state index contributed by atoms with van der Waals surface area (Å²) in [5, 5.41) is 3.20. The van der Waals surface area contributed by atoms with E-state index in [1.54, 1.807) is 48.2 Å². The molecule has 0 saturated carbocycles. The summed E-state index contributed by atoms with van der Waals surface area (Å²) < 4.78 is 53.9. The summed E-state index contributed by atoms with van der Waals surface area (Å²) in [5.74, 6) is -0.552. The van der Waals surface area contributed by atoms with Crippen molar-refractivity contribution < 1.29 is 21.6 Å². The van der Waals surface area contributed by atoms with E-state index < -0.39 is 20.0 Å². The Hall–Kier alpha value is -2.03. The van der Waals surface area contributed by atoms with Crippen LogP contribution in [0, 0.1) is 5.92 Å². The number of nitrogens with one attached hydrogen (secondary N) is 1. The van der Waals surface area contributed by atoms with Crippen molar-refractivity contribution in [3.8, 4) is 0 Å². The molecular weight excluding hydrogens is 529 g/mol. The quantitative estimate of drug-likeness (QED) is 0.446. The fourth-order valence-corrected chi connectivity index (χ4v) is 7.58. The summed E-state index contributed by atoms with van der Waals surface area (Å²) in [4.78, 5) is 18.6. The van der Waals surface area contributed by atoms with Crippen LogP contribution in [0.3, 0.4) is 0 Å². The Morgan fingerprint density at radius 1 is 1.06 bits per heavy atom. The summed E-state index contributed by atoms with van der Waals surface area (Å²) in [6.07, 6.45) is 2.74. The molecule has 1 saturated heterocycles. The van der Waals surface area contributed by atoms with Crippen LogP contribution >= 0.6 is 23.1 Å². The Morgan fingerprint density at radius 3 is 2.29 bits per heavy atom. The molecule has 13 heteroatoms. The number of sulfonamides is 2. The van der Waals surface area contributed by atoms with E-state index in [0.717, 1.165) is 9.20 Å². The van der Waals surface area contributed by atoms with Crippen molar-refractivity contribution in [2.24, 2.45) is 5.92 Å².